The van der Waals surface area contributed by atoms with Gasteiger partial charge < -0.3 is 19.3 Å². The van der Waals surface area contributed by atoms with Gasteiger partial charge in [-0.25, -0.2) is 9.79 Å². The maximum absolute atomic E-state index is 13.5. The number of aliphatic carboxylic acids is 1. The second kappa shape index (κ2) is 12.8. The van der Waals surface area contributed by atoms with Crippen molar-refractivity contribution in [3.63, 3.8) is 0 Å². The van der Waals surface area contributed by atoms with E-state index in [1.54, 1.807) is 29.2 Å². The van der Waals surface area contributed by atoms with Crippen LogP contribution in [0.4, 0.5) is 5.69 Å². The van der Waals surface area contributed by atoms with Gasteiger partial charge in [0.25, 0.3) is 5.91 Å². The highest BCUT2D eigenvalue weighted by atomic mass is 32.2. The average molecular weight is 526 g/mol. The second-order valence-electron chi connectivity index (χ2n) is 8.58. The van der Waals surface area contributed by atoms with Crippen molar-refractivity contribution < 1.29 is 28.9 Å². The van der Waals surface area contributed by atoms with Gasteiger partial charge in [0.15, 0.2) is 22.8 Å². The Kier molecular flexibility index (Phi) is 9.21. The van der Waals surface area contributed by atoms with Crippen LogP contribution in [0, 0.1) is 0 Å². The Balaban J connectivity index is 1.61. The van der Waals surface area contributed by atoms with Crippen LogP contribution < -0.4 is 9.47 Å². The van der Waals surface area contributed by atoms with Crippen molar-refractivity contribution in [3.05, 3.63) is 59.0 Å². The van der Waals surface area contributed by atoms with Crippen molar-refractivity contribution in [2.75, 3.05) is 46.5 Å². The molecule has 2 fully saturated rings. The molecular formula is C27H31N3O6S. The van der Waals surface area contributed by atoms with Crippen molar-refractivity contribution in [1.29, 1.82) is 0 Å². The molecule has 0 spiro atoms. The van der Waals surface area contributed by atoms with Crippen molar-refractivity contribution in [2.45, 2.75) is 19.4 Å². The van der Waals surface area contributed by atoms with Crippen LogP contribution in [-0.4, -0.2) is 84.6 Å². The van der Waals surface area contributed by atoms with E-state index in [4.69, 9.17) is 19.2 Å². The lowest BCUT2D eigenvalue weighted by molar-refractivity contribution is -0.144. The number of aliphatic imine (C=N–C) groups is 1. The number of carbonyl (C=O) groups is 2. The molecule has 0 unspecified atom stereocenters. The van der Waals surface area contributed by atoms with Gasteiger partial charge in [-0.1, -0.05) is 30.3 Å². The Morgan fingerprint density at radius 2 is 1.92 bits per heavy atom. The number of amides is 1. The molecule has 1 atom stereocenters. The fourth-order valence-corrected chi connectivity index (χ4v) is 5.00. The number of benzene rings is 2. The molecule has 196 valence electrons. The minimum atomic E-state index is -1.10. The highest BCUT2D eigenvalue weighted by Crippen LogP contribution is 2.38. The van der Waals surface area contributed by atoms with Gasteiger partial charge in [0.2, 0.25) is 0 Å². The number of thioether (sulfide) groups is 1. The number of amidine groups is 1. The average Bonchev–Trinajstić information content (AvgIpc) is 3.19. The minimum Gasteiger partial charge on any atom is -0.493 e. The Labute approximate surface area is 220 Å². The van der Waals surface area contributed by atoms with Gasteiger partial charge in [-0.05, 0) is 49.4 Å². The van der Waals surface area contributed by atoms with Gasteiger partial charge in [0, 0.05) is 31.7 Å². The highest BCUT2D eigenvalue weighted by Gasteiger charge is 2.34. The van der Waals surface area contributed by atoms with Crippen LogP contribution in [0.2, 0.25) is 0 Å². The van der Waals surface area contributed by atoms with Gasteiger partial charge in [0.1, 0.15) is 0 Å². The van der Waals surface area contributed by atoms with E-state index in [-0.39, 0.29) is 11.7 Å². The number of carboxylic acids is 1. The van der Waals surface area contributed by atoms with Crippen molar-refractivity contribution in [3.8, 4) is 11.5 Å². The normalized spacial score (nSPS) is 19.4. The number of para-hydroxylation sites is 2. The summed E-state index contributed by atoms with van der Waals surface area (Å²) in [5.41, 5.74) is 1.32. The zero-order valence-corrected chi connectivity index (χ0v) is 21.8. The van der Waals surface area contributed by atoms with Crippen LogP contribution in [0.5, 0.6) is 11.5 Å². The van der Waals surface area contributed by atoms with E-state index in [0.717, 1.165) is 45.0 Å². The fourth-order valence-electron chi connectivity index (χ4n) is 3.98. The van der Waals surface area contributed by atoms with Crippen LogP contribution in [-0.2, 0) is 14.3 Å². The number of morpholine rings is 1. The maximum Gasteiger partial charge on any atom is 0.344 e. The molecule has 9 nitrogen and oxygen atoms in total. The zero-order valence-electron chi connectivity index (χ0n) is 21.0. The number of hydrogen-bond acceptors (Lipinski definition) is 8. The SMILES string of the molecule is COc1cccc(/C=C2\SC(=Nc3ccccc3)N(CCCN3CCOCC3)C2=O)c1O[C@H](C)C(=O)O. The summed E-state index contributed by atoms with van der Waals surface area (Å²) in [4.78, 5) is 34.2. The van der Waals surface area contributed by atoms with Crippen molar-refractivity contribution in [1.82, 2.24) is 9.80 Å². The molecule has 0 aliphatic carbocycles. The molecule has 10 heteroatoms. The van der Waals surface area contributed by atoms with E-state index in [1.807, 2.05) is 30.3 Å². The van der Waals surface area contributed by atoms with Gasteiger partial charge in [-0.15, -0.1) is 0 Å². The van der Waals surface area contributed by atoms with Crippen molar-refractivity contribution >= 4 is 40.6 Å². The lowest BCUT2D eigenvalue weighted by Crippen LogP contribution is -2.38. The molecule has 2 aromatic rings. The first-order valence-corrected chi connectivity index (χ1v) is 13.0. The van der Waals surface area contributed by atoms with Crippen LogP contribution >= 0.6 is 11.8 Å². The molecule has 2 aromatic carbocycles. The summed E-state index contributed by atoms with van der Waals surface area (Å²) in [6.07, 6.45) is 1.42. The summed E-state index contributed by atoms with van der Waals surface area (Å²) in [7, 11) is 1.49. The first-order chi connectivity index (χ1) is 18.0. The lowest BCUT2D eigenvalue weighted by atomic mass is 10.1. The highest BCUT2D eigenvalue weighted by molar-refractivity contribution is 8.18. The Bertz CT molecular complexity index is 1160. The minimum absolute atomic E-state index is 0.151. The second-order valence-corrected chi connectivity index (χ2v) is 9.59. The Hall–Kier alpha value is -3.34. The smallest absolute Gasteiger partial charge is 0.344 e. The van der Waals surface area contributed by atoms with Gasteiger partial charge in [0.05, 0.1) is 30.9 Å². The lowest BCUT2D eigenvalue weighted by Gasteiger charge is -2.27. The number of methoxy groups -OCH3 is 1. The van der Waals surface area contributed by atoms with E-state index >= 15 is 0 Å². The van der Waals surface area contributed by atoms with Gasteiger partial charge in [-0.2, -0.15) is 0 Å². The molecule has 2 aliphatic heterocycles. The van der Waals surface area contributed by atoms with E-state index in [2.05, 4.69) is 4.90 Å². The first kappa shape index (κ1) is 26.7. The molecule has 0 radical (unpaired) electrons. The molecule has 1 N–H and O–H groups in total. The van der Waals surface area contributed by atoms with Crippen LogP contribution in [0.3, 0.4) is 0 Å². The molecular weight excluding hydrogens is 494 g/mol. The van der Waals surface area contributed by atoms with Crippen LogP contribution in [0.25, 0.3) is 6.08 Å². The molecule has 0 aromatic heterocycles. The number of carboxylic acid groups (broad SMARTS) is 1. The van der Waals surface area contributed by atoms with Crippen LogP contribution in [0.1, 0.15) is 18.9 Å². The molecule has 0 saturated carbocycles. The summed E-state index contributed by atoms with van der Waals surface area (Å²) in [5, 5.41) is 9.94. The molecule has 0 bridgehead atoms. The quantitative estimate of drug-likeness (QED) is 0.467. The van der Waals surface area contributed by atoms with Gasteiger partial charge in [-0.3, -0.25) is 14.6 Å². The number of carbonyl (C=O) groups excluding carboxylic acids is 1. The standard InChI is InChI=1S/C27H31N3O6S/c1-19(26(32)33)36-24-20(8-6-11-22(24)34-2)18-23-25(31)30(13-7-12-29-14-16-35-17-15-29)27(37-23)28-21-9-4-3-5-10-21/h3-6,8-11,18-19H,7,12-17H2,1-2H3,(H,32,33)/b23-18-,28-27?/t19-/m1/s1. The zero-order chi connectivity index (χ0) is 26.2. The topological polar surface area (TPSA) is 101 Å². The molecule has 2 aliphatic rings. The fraction of sp³-hybridized carbons (Fsp3) is 0.370. The largest absolute Gasteiger partial charge is 0.493 e. The Morgan fingerprint density at radius 3 is 2.62 bits per heavy atom. The van der Waals surface area contributed by atoms with Gasteiger partial charge >= 0.3 is 5.97 Å². The Morgan fingerprint density at radius 1 is 1.16 bits per heavy atom. The van der Waals surface area contributed by atoms with E-state index in [1.165, 1.54) is 25.8 Å². The molecule has 37 heavy (non-hydrogen) atoms. The van der Waals surface area contributed by atoms with E-state index in [9.17, 15) is 14.7 Å². The molecule has 2 saturated heterocycles. The van der Waals surface area contributed by atoms with E-state index < -0.39 is 12.1 Å². The van der Waals surface area contributed by atoms with Crippen molar-refractivity contribution in [2.24, 2.45) is 4.99 Å². The monoisotopic (exact) mass is 525 g/mol. The maximum atomic E-state index is 13.5. The van der Waals surface area contributed by atoms with E-state index in [0.29, 0.717) is 27.9 Å². The summed E-state index contributed by atoms with van der Waals surface area (Å²) in [5.74, 6) is -0.590. The number of ether oxygens (including phenoxy) is 3. The molecule has 2 heterocycles. The molecule has 1 amide bonds. The summed E-state index contributed by atoms with van der Waals surface area (Å²) < 4.78 is 16.5. The van der Waals surface area contributed by atoms with Crippen LogP contribution in [0.15, 0.2) is 58.4 Å². The number of hydrogen-bond donors (Lipinski definition) is 1. The predicted octanol–water partition coefficient (Wildman–Crippen LogP) is 3.87. The number of rotatable bonds is 10. The third-order valence-corrected chi connectivity index (χ3v) is 6.99. The summed E-state index contributed by atoms with van der Waals surface area (Å²) in [6, 6.07) is 14.8. The third-order valence-electron chi connectivity index (χ3n) is 5.99. The third kappa shape index (κ3) is 6.91. The predicted molar refractivity (Wildman–Crippen MR) is 143 cm³/mol. The summed E-state index contributed by atoms with van der Waals surface area (Å²) >= 11 is 1.29. The summed E-state index contributed by atoms with van der Waals surface area (Å²) in [6.45, 7) is 6.11. The molecule has 4 rings (SSSR count). The number of nitrogens with zero attached hydrogens (tertiary/aromatic N) is 3. The first-order valence-electron chi connectivity index (χ1n) is 12.2.